The summed E-state index contributed by atoms with van der Waals surface area (Å²) in [4.78, 5) is 0. The lowest BCUT2D eigenvalue weighted by Crippen LogP contribution is -2.25. The molecule has 17 heavy (non-hydrogen) atoms. The monoisotopic (exact) mass is 237 g/mol. The molecule has 0 aliphatic heterocycles. The van der Waals surface area contributed by atoms with E-state index >= 15 is 0 Å². The summed E-state index contributed by atoms with van der Waals surface area (Å²) in [6, 6.07) is 4.84. The van der Waals surface area contributed by atoms with E-state index in [0.717, 1.165) is 17.5 Å². The van der Waals surface area contributed by atoms with E-state index in [-0.39, 0.29) is 11.9 Å². The summed E-state index contributed by atoms with van der Waals surface area (Å²) in [6.07, 6.45) is 3.75. The van der Waals surface area contributed by atoms with E-state index in [1.807, 2.05) is 6.92 Å². The van der Waals surface area contributed by atoms with Crippen molar-refractivity contribution in [2.75, 3.05) is 6.54 Å². The normalized spacial score (nSPS) is 24.2. The first-order chi connectivity index (χ1) is 8.20. The predicted octanol–water partition coefficient (Wildman–Crippen LogP) is 2.78. The first kappa shape index (κ1) is 12.5. The fourth-order valence-corrected chi connectivity index (χ4v) is 2.51. The molecule has 0 heterocycles. The number of nitrogens with two attached hydrogens (primary N) is 1. The molecule has 2 N–H and O–H groups in total. The Bertz CT molecular complexity index is 380. The van der Waals surface area contributed by atoms with Crippen molar-refractivity contribution in [2.24, 2.45) is 11.7 Å². The molecule has 0 radical (unpaired) electrons. The van der Waals surface area contributed by atoms with Crippen LogP contribution in [0, 0.1) is 18.7 Å². The Hall–Kier alpha value is -0.930. The van der Waals surface area contributed by atoms with Gasteiger partial charge in [0.25, 0.3) is 0 Å². The lowest BCUT2D eigenvalue weighted by atomic mass is 10.1. The highest BCUT2D eigenvalue weighted by molar-refractivity contribution is 5.25. The average Bonchev–Trinajstić information content (AvgIpc) is 2.75. The van der Waals surface area contributed by atoms with Gasteiger partial charge < -0.3 is 10.5 Å². The van der Waals surface area contributed by atoms with Crippen molar-refractivity contribution in [1.82, 2.24) is 0 Å². The van der Waals surface area contributed by atoms with E-state index in [0.29, 0.717) is 19.1 Å². The van der Waals surface area contributed by atoms with Gasteiger partial charge in [-0.25, -0.2) is 4.39 Å². The Kier molecular flexibility index (Phi) is 4.13. The largest absolute Gasteiger partial charge is 0.373 e. The molecule has 1 aromatic carbocycles. The molecule has 1 aromatic rings. The second-order valence-corrected chi connectivity index (χ2v) is 4.85. The number of hydrogen-bond donors (Lipinski definition) is 1. The van der Waals surface area contributed by atoms with E-state index in [2.05, 4.69) is 0 Å². The van der Waals surface area contributed by atoms with E-state index in [1.165, 1.54) is 18.9 Å². The van der Waals surface area contributed by atoms with E-state index in [4.69, 9.17) is 10.5 Å². The summed E-state index contributed by atoms with van der Waals surface area (Å²) in [6.45, 7) is 3.18. The Morgan fingerprint density at radius 2 is 2.24 bits per heavy atom. The van der Waals surface area contributed by atoms with Crippen molar-refractivity contribution in [1.29, 1.82) is 0 Å². The molecule has 0 bridgehead atoms. The predicted molar refractivity (Wildman–Crippen MR) is 66.1 cm³/mol. The molecule has 0 saturated heterocycles. The summed E-state index contributed by atoms with van der Waals surface area (Å²) in [5.74, 6) is 0.308. The van der Waals surface area contributed by atoms with Gasteiger partial charge in [-0.1, -0.05) is 12.5 Å². The second kappa shape index (κ2) is 5.61. The Balaban J connectivity index is 1.93. The van der Waals surface area contributed by atoms with Crippen LogP contribution in [0.1, 0.15) is 30.4 Å². The van der Waals surface area contributed by atoms with Gasteiger partial charge in [0.2, 0.25) is 0 Å². The minimum Gasteiger partial charge on any atom is -0.373 e. The fraction of sp³-hybridized carbons (Fsp3) is 0.571. The van der Waals surface area contributed by atoms with Crippen molar-refractivity contribution in [3.8, 4) is 0 Å². The number of halogens is 1. The van der Waals surface area contributed by atoms with Gasteiger partial charge >= 0.3 is 0 Å². The van der Waals surface area contributed by atoms with E-state index < -0.39 is 0 Å². The molecule has 2 nitrogen and oxygen atoms in total. The lowest BCUT2D eigenvalue weighted by molar-refractivity contribution is 0.0180. The second-order valence-electron chi connectivity index (χ2n) is 4.85. The van der Waals surface area contributed by atoms with Crippen LogP contribution < -0.4 is 5.73 Å². The van der Waals surface area contributed by atoms with Gasteiger partial charge in [0.05, 0.1) is 12.7 Å². The molecule has 1 fully saturated rings. The molecule has 0 aromatic heterocycles. The van der Waals surface area contributed by atoms with E-state index in [9.17, 15) is 4.39 Å². The van der Waals surface area contributed by atoms with Crippen molar-refractivity contribution in [3.63, 3.8) is 0 Å². The summed E-state index contributed by atoms with van der Waals surface area (Å²) in [7, 11) is 0. The maximum atomic E-state index is 12.9. The maximum absolute atomic E-state index is 12.9. The summed E-state index contributed by atoms with van der Waals surface area (Å²) >= 11 is 0. The third kappa shape index (κ3) is 3.05. The van der Waals surface area contributed by atoms with Crippen molar-refractivity contribution in [3.05, 3.63) is 35.1 Å². The molecule has 3 heteroatoms. The first-order valence-electron chi connectivity index (χ1n) is 6.27. The molecule has 94 valence electrons. The van der Waals surface area contributed by atoms with Crippen LogP contribution in [0.15, 0.2) is 18.2 Å². The molecular weight excluding hydrogens is 217 g/mol. The molecular formula is C14H20FNO. The van der Waals surface area contributed by atoms with Gasteiger partial charge in [0.1, 0.15) is 5.82 Å². The third-order valence-corrected chi connectivity index (χ3v) is 3.65. The van der Waals surface area contributed by atoms with Crippen LogP contribution in [-0.2, 0) is 11.3 Å². The van der Waals surface area contributed by atoms with Crippen molar-refractivity contribution < 1.29 is 9.13 Å². The number of rotatable bonds is 4. The van der Waals surface area contributed by atoms with Crippen molar-refractivity contribution in [2.45, 2.75) is 38.9 Å². The SMILES string of the molecule is Cc1cc(F)ccc1COC1CCCC1CN. The molecule has 2 atom stereocenters. The highest BCUT2D eigenvalue weighted by Crippen LogP contribution is 2.28. The zero-order chi connectivity index (χ0) is 12.3. The van der Waals surface area contributed by atoms with Crippen molar-refractivity contribution >= 4 is 0 Å². The number of ether oxygens (including phenoxy) is 1. The van der Waals surface area contributed by atoms with Crippen LogP contribution >= 0.6 is 0 Å². The standard InChI is InChI=1S/C14H20FNO/c1-10-7-13(15)6-5-12(10)9-17-14-4-2-3-11(14)8-16/h5-7,11,14H,2-4,8-9,16H2,1H3. The van der Waals surface area contributed by atoms with Gasteiger partial charge in [-0.05, 0) is 55.5 Å². The highest BCUT2D eigenvalue weighted by atomic mass is 19.1. The first-order valence-corrected chi connectivity index (χ1v) is 6.27. The Morgan fingerprint density at radius 3 is 2.94 bits per heavy atom. The summed E-state index contributed by atoms with van der Waals surface area (Å²) in [5.41, 5.74) is 7.73. The Morgan fingerprint density at radius 1 is 1.41 bits per heavy atom. The number of hydrogen-bond acceptors (Lipinski definition) is 2. The molecule has 1 aliphatic rings. The van der Waals surface area contributed by atoms with Crippen LogP contribution in [0.4, 0.5) is 4.39 Å². The molecule has 1 aliphatic carbocycles. The van der Waals surface area contributed by atoms with Gasteiger partial charge in [0.15, 0.2) is 0 Å². The number of benzene rings is 1. The van der Waals surface area contributed by atoms with E-state index in [1.54, 1.807) is 12.1 Å². The number of aryl methyl sites for hydroxylation is 1. The zero-order valence-electron chi connectivity index (χ0n) is 10.3. The summed E-state index contributed by atoms with van der Waals surface area (Å²) in [5, 5.41) is 0. The fourth-order valence-electron chi connectivity index (χ4n) is 2.51. The smallest absolute Gasteiger partial charge is 0.123 e. The van der Waals surface area contributed by atoms with Crippen LogP contribution in [0.25, 0.3) is 0 Å². The van der Waals surface area contributed by atoms with Crippen LogP contribution in [-0.4, -0.2) is 12.6 Å². The molecule has 1 saturated carbocycles. The quantitative estimate of drug-likeness (QED) is 0.874. The molecule has 0 amide bonds. The summed E-state index contributed by atoms with van der Waals surface area (Å²) < 4.78 is 18.9. The zero-order valence-corrected chi connectivity index (χ0v) is 10.3. The van der Waals surface area contributed by atoms with Crippen LogP contribution in [0.2, 0.25) is 0 Å². The highest BCUT2D eigenvalue weighted by Gasteiger charge is 2.26. The molecule has 0 spiro atoms. The average molecular weight is 237 g/mol. The van der Waals surface area contributed by atoms with Crippen LogP contribution in [0.3, 0.4) is 0 Å². The lowest BCUT2D eigenvalue weighted by Gasteiger charge is -2.19. The van der Waals surface area contributed by atoms with Crippen LogP contribution in [0.5, 0.6) is 0 Å². The van der Waals surface area contributed by atoms with Gasteiger partial charge in [0, 0.05) is 0 Å². The van der Waals surface area contributed by atoms with Gasteiger partial charge in [-0.2, -0.15) is 0 Å². The Labute approximate surface area is 102 Å². The third-order valence-electron chi connectivity index (χ3n) is 3.65. The topological polar surface area (TPSA) is 35.2 Å². The maximum Gasteiger partial charge on any atom is 0.123 e. The van der Waals surface area contributed by atoms with Gasteiger partial charge in [-0.15, -0.1) is 0 Å². The minimum atomic E-state index is -0.188. The molecule has 2 rings (SSSR count). The van der Waals surface area contributed by atoms with Gasteiger partial charge in [-0.3, -0.25) is 0 Å². The minimum absolute atomic E-state index is 0.188. The molecule has 2 unspecified atom stereocenters.